The van der Waals surface area contributed by atoms with Crippen molar-refractivity contribution in [2.75, 3.05) is 0 Å². The maximum absolute atomic E-state index is 6.79. The Morgan fingerprint density at radius 3 is 1.58 bits per heavy atom. The molecule has 298 valence electrons. The number of furan rings is 2. The van der Waals surface area contributed by atoms with E-state index < -0.39 is 5.41 Å². The van der Waals surface area contributed by atoms with Crippen LogP contribution in [-0.2, 0) is 5.41 Å². The van der Waals surface area contributed by atoms with Crippen molar-refractivity contribution in [1.29, 1.82) is 0 Å². The monoisotopic (exact) mass is 820 g/mol. The van der Waals surface area contributed by atoms with Crippen molar-refractivity contribution in [3.63, 3.8) is 0 Å². The number of fused-ring (bicyclic) bond motifs is 12. The first-order valence-electron chi connectivity index (χ1n) is 21.3. The van der Waals surface area contributed by atoms with E-state index in [2.05, 4.69) is 130 Å². The molecule has 0 fully saturated rings. The third kappa shape index (κ3) is 4.63. The van der Waals surface area contributed by atoms with Crippen molar-refractivity contribution in [1.82, 2.24) is 29.5 Å². The van der Waals surface area contributed by atoms with Crippen LogP contribution in [0.25, 0.3) is 105 Å². The Morgan fingerprint density at radius 1 is 0.391 bits per heavy atom. The van der Waals surface area contributed by atoms with Gasteiger partial charge >= 0.3 is 0 Å². The van der Waals surface area contributed by atoms with Gasteiger partial charge in [-0.05, 0) is 81.9 Å². The molecule has 0 saturated carbocycles. The molecule has 0 bridgehead atoms. The largest absolute Gasteiger partial charge is 0.452 e. The van der Waals surface area contributed by atoms with Crippen molar-refractivity contribution in [2.24, 2.45) is 0 Å². The lowest BCUT2D eigenvalue weighted by molar-refractivity contribution is 0.666. The first-order valence-corrected chi connectivity index (χ1v) is 21.3. The molecule has 0 spiro atoms. The van der Waals surface area contributed by atoms with E-state index in [1.807, 2.05) is 61.3 Å². The second kappa shape index (κ2) is 13.1. The molecule has 8 heteroatoms. The Kier molecular flexibility index (Phi) is 7.16. The fraction of sp³-hybridized carbons (Fsp3) is 0.0179. The van der Waals surface area contributed by atoms with Gasteiger partial charge in [0.15, 0.2) is 22.3 Å². The minimum atomic E-state index is -0.704. The summed E-state index contributed by atoms with van der Waals surface area (Å²) in [6.45, 7) is 0. The van der Waals surface area contributed by atoms with Crippen molar-refractivity contribution in [3.8, 4) is 39.3 Å². The predicted molar refractivity (Wildman–Crippen MR) is 252 cm³/mol. The highest BCUT2D eigenvalue weighted by atomic mass is 16.3. The second-order valence-electron chi connectivity index (χ2n) is 16.4. The number of nitrogens with zero attached hydrogens (tertiary/aromatic N) is 6. The first kappa shape index (κ1) is 34.9. The molecule has 64 heavy (non-hydrogen) atoms. The normalized spacial score (nSPS) is 13.1. The molecule has 0 amide bonds. The van der Waals surface area contributed by atoms with E-state index in [1.54, 1.807) is 18.6 Å². The summed E-state index contributed by atoms with van der Waals surface area (Å²) in [5.74, 6) is 0. The van der Waals surface area contributed by atoms with Gasteiger partial charge in [0, 0.05) is 86.3 Å². The Morgan fingerprint density at radius 2 is 0.938 bits per heavy atom. The van der Waals surface area contributed by atoms with Gasteiger partial charge in [0.1, 0.15) is 11.4 Å². The number of hydrogen-bond acceptors (Lipinski definition) is 7. The molecular formula is C56H32N6O2. The minimum absolute atomic E-state index is 0.676. The summed E-state index contributed by atoms with van der Waals surface area (Å²) < 4.78 is 15.7. The number of aromatic nitrogens is 6. The van der Waals surface area contributed by atoms with Crippen molar-refractivity contribution in [3.05, 3.63) is 217 Å². The van der Waals surface area contributed by atoms with Crippen LogP contribution >= 0.6 is 0 Å². The Bertz CT molecular complexity index is 3990. The standard InChI is InChI=1S/C56H32N6O2/c1-3-11-33(12-4-1)56(46-17-9-7-15-36(46)37-16-8-10-18-47(37)56)34-27-42-44-29-59-30-45(51-55-41(22-26-61-51)39-20-24-58-32-49(39)64-55)53(44)62(35-13-5-2-6-14-35)52(42)43(28-34)50-54-40(21-25-60-50)38-19-23-57-31-48(38)63-54/h1-32H. The summed E-state index contributed by atoms with van der Waals surface area (Å²) in [7, 11) is 0. The minimum Gasteiger partial charge on any atom is -0.452 e. The molecule has 14 rings (SSSR count). The van der Waals surface area contributed by atoms with Gasteiger partial charge in [0.2, 0.25) is 0 Å². The fourth-order valence-electron chi connectivity index (χ4n) is 10.7. The Labute approximate surface area is 364 Å². The molecule has 0 N–H and O–H groups in total. The number of para-hydroxylation sites is 1. The fourth-order valence-corrected chi connectivity index (χ4v) is 10.7. The van der Waals surface area contributed by atoms with Crippen LogP contribution in [0.15, 0.2) is 204 Å². The number of pyridine rings is 5. The summed E-state index contributed by atoms with van der Waals surface area (Å²) in [5.41, 5.74) is 15.2. The van der Waals surface area contributed by atoms with E-state index in [9.17, 15) is 0 Å². The lowest BCUT2D eigenvalue weighted by Gasteiger charge is -2.34. The van der Waals surface area contributed by atoms with Gasteiger partial charge in [-0.1, -0.05) is 97.1 Å². The molecule has 0 aliphatic heterocycles. The molecule has 8 nitrogen and oxygen atoms in total. The number of hydrogen-bond donors (Lipinski definition) is 0. The summed E-state index contributed by atoms with van der Waals surface area (Å²) >= 11 is 0. The highest BCUT2D eigenvalue weighted by molar-refractivity contribution is 6.20. The van der Waals surface area contributed by atoms with Gasteiger partial charge in [-0.3, -0.25) is 24.9 Å². The quantitative estimate of drug-likeness (QED) is 0.171. The van der Waals surface area contributed by atoms with Gasteiger partial charge < -0.3 is 13.4 Å². The van der Waals surface area contributed by atoms with Gasteiger partial charge in [-0.2, -0.15) is 0 Å². The summed E-state index contributed by atoms with van der Waals surface area (Å²) in [4.78, 5) is 24.1. The highest BCUT2D eigenvalue weighted by Crippen LogP contribution is 2.58. The average molecular weight is 821 g/mol. The molecule has 5 aromatic carbocycles. The molecule has 8 heterocycles. The zero-order valence-electron chi connectivity index (χ0n) is 34.0. The first-order chi connectivity index (χ1) is 31.8. The van der Waals surface area contributed by atoms with Crippen LogP contribution < -0.4 is 0 Å². The van der Waals surface area contributed by atoms with Gasteiger partial charge in [0.05, 0.1) is 28.8 Å². The van der Waals surface area contributed by atoms with Crippen LogP contribution in [0.2, 0.25) is 0 Å². The second-order valence-corrected chi connectivity index (χ2v) is 16.4. The molecule has 8 aromatic heterocycles. The zero-order chi connectivity index (χ0) is 41.9. The van der Waals surface area contributed by atoms with Crippen molar-refractivity contribution in [2.45, 2.75) is 5.41 Å². The summed E-state index contributed by atoms with van der Waals surface area (Å²) in [5, 5.41) is 5.86. The van der Waals surface area contributed by atoms with Crippen LogP contribution in [0.4, 0.5) is 0 Å². The molecule has 0 saturated heterocycles. The SMILES string of the molecule is c1ccc(-n2c3c(-c4nccc5c4oc4cnccc45)cncc3c3cc(C4(c5ccccc5)c5ccccc5-c5ccccc54)cc(-c4nccc5c4oc4cnccc45)c32)cc1. The van der Waals surface area contributed by atoms with Crippen molar-refractivity contribution < 1.29 is 8.83 Å². The van der Waals surface area contributed by atoms with E-state index in [0.29, 0.717) is 28.0 Å². The zero-order valence-corrected chi connectivity index (χ0v) is 34.0. The van der Waals surface area contributed by atoms with Gasteiger partial charge in [-0.15, -0.1) is 0 Å². The summed E-state index contributed by atoms with van der Waals surface area (Å²) in [6, 6.07) is 51.9. The molecule has 0 atom stereocenters. The van der Waals surface area contributed by atoms with Gasteiger partial charge in [0.25, 0.3) is 0 Å². The highest BCUT2D eigenvalue weighted by Gasteiger charge is 2.46. The number of rotatable bonds is 5. The van der Waals surface area contributed by atoms with E-state index >= 15 is 0 Å². The van der Waals surface area contributed by atoms with Crippen LogP contribution in [0.1, 0.15) is 22.3 Å². The van der Waals surface area contributed by atoms with Crippen LogP contribution in [-0.4, -0.2) is 29.5 Å². The van der Waals surface area contributed by atoms with E-state index in [-0.39, 0.29) is 0 Å². The Balaban J connectivity index is 1.20. The van der Waals surface area contributed by atoms with Crippen LogP contribution in [0.3, 0.4) is 0 Å². The maximum Gasteiger partial charge on any atom is 0.161 e. The third-order valence-electron chi connectivity index (χ3n) is 13.3. The Hall–Kier alpha value is -8.75. The molecule has 13 aromatic rings. The topological polar surface area (TPSA) is 95.7 Å². The van der Waals surface area contributed by atoms with Gasteiger partial charge in [-0.25, -0.2) is 0 Å². The average Bonchev–Trinajstić information content (AvgIpc) is 4.11. The van der Waals surface area contributed by atoms with E-state index in [1.165, 1.54) is 27.8 Å². The lowest BCUT2D eigenvalue weighted by Crippen LogP contribution is -2.28. The predicted octanol–water partition coefficient (Wildman–Crippen LogP) is 13.3. The third-order valence-corrected chi connectivity index (χ3v) is 13.3. The smallest absolute Gasteiger partial charge is 0.161 e. The molecular weight excluding hydrogens is 789 g/mol. The van der Waals surface area contributed by atoms with Crippen LogP contribution in [0.5, 0.6) is 0 Å². The van der Waals surface area contributed by atoms with E-state index in [0.717, 1.165) is 71.4 Å². The maximum atomic E-state index is 6.79. The molecule has 0 radical (unpaired) electrons. The summed E-state index contributed by atoms with van der Waals surface area (Å²) in [6.07, 6.45) is 14.8. The molecule has 1 aliphatic carbocycles. The lowest BCUT2D eigenvalue weighted by atomic mass is 9.67. The van der Waals surface area contributed by atoms with Crippen molar-refractivity contribution >= 4 is 65.7 Å². The van der Waals surface area contributed by atoms with Crippen LogP contribution in [0, 0.1) is 0 Å². The molecule has 1 aliphatic rings. The molecule has 0 unspecified atom stereocenters. The number of benzene rings is 5. The van der Waals surface area contributed by atoms with E-state index in [4.69, 9.17) is 23.8 Å².